The zero-order chi connectivity index (χ0) is 24.3. The molecule has 0 unspecified atom stereocenters. The summed E-state index contributed by atoms with van der Waals surface area (Å²) in [7, 11) is -4.58. The molecule has 0 fully saturated rings. The third-order valence-electron chi connectivity index (χ3n) is 3.56. The third-order valence-corrected chi connectivity index (χ3v) is 4.74. The lowest BCUT2D eigenvalue weighted by molar-refractivity contribution is -0.0293. The SMILES string of the molecule is CC(C)(C)OC(=O)NC(=N)N(OS(=O)(=O)c1ccc2ccccc2c1)C(=O)OC(C)(C)C. The van der Waals surface area contributed by atoms with E-state index >= 15 is 0 Å². The van der Waals surface area contributed by atoms with Crippen molar-refractivity contribution in [3.8, 4) is 0 Å². The number of alkyl carbamates (subject to hydrolysis) is 1. The molecule has 0 saturated carbocycles. The van der Waals surface area contributed by atoms with Crippen LogP contribution in [0.3, 0.4) is 0 Å². The highest BCUT2D eigenvalue weighted by Crippen LogP contribution is 2.22. The van der Waals surface area contributed by atoms with Crippen LogP contribution in [0.1, 0.15) is 41.5 Å². The first kappa shape index (κ1) is 25.1. The first-order valence-electron chi connectivity index (χ1n) is 9.62. The molecule has 10 nitrogen and oxygen atoms in total. The van der Waals surface area contributed by atoms with Crippen molar-refractivity contribution in [3.05, 3.63) is 42.5 Å². The Morgan fingerprint density at radius 1 is 0.906 bits per heavy atom. The number of rotatable bonds is 3. The summed E-state index contributed by atoms with van der Waals surface area (Å²) < 4.78 is 40.8. The van der Waals surface area contributed by atoms with Gasteiger partial charge in [0, 0.05) is 0 Å². The number of hydrogen-bond donors (Lipinski definition) is 2. The number of hydrogen-bond acceptors (Lipinski definition) is 8. The van der Waals surface area contributed by atoms with Crippen LogP contribution in [0.4, 0.5) is 9.59 Å². The lowest BCUT2D eigenvalue weighted by Gasteiger charge is -2.26. The normalized spacial score (nSPS) is 12.2. The summed E-state index contributed by atoms with van der Waals surface area (Å²) in [5.41, 5.74) is -1.92. The van der Waals surface area contributed by atoms with Crippen LogP contribution in [0.25, 0.3) is 10.8 Å². The molecular formula is C21H27N3O7S. The average molecular weight is 466 g/mol. The minimum absolute atomic E-state index is 0.0414. The van der Waals surface area contributed by atoms with E-state index in [1.165, 1.54) is 12.1 Å². The second-order valence-electron chi connectivity index (χ2n) is 8.79. The van der Waals surface area contributed by atoms with Crippen molar-refractivity contribution in [2.24, 2.45) is 0 Å². The molecule has 2 N–H and O–H groups in total. The Balaban J connectivity index is 2.34. The maximum Gasteiger partial charge on any atom is 0.443 e. The number of ether oxygens (including phenoxy) is 2. The van der Waals surface area contributed by atoms with Crippen molar-refractivity contribution >= 4 is 39.0 Å². The van der Waals surface area contributed by atoms with Crippen molar-refractivity contribution in [1.29, 1.82) is 5.41 Å². The Labute approximate surface area is 187 Å². The molecule has 2 aromatic carbocycles. The van der Waals surface area contributed by atoms with Crippen molar-refractivity contribution < 1.29 is 31.8 Å². The van der Waals surface area contributed by atoms with Gasteiger partial charge in [-0.05, 0) is 64.4 Å². The minimum atomic E-state index is -4.58. The van der Waals surface area contributed by atoms with E-state index < -0.39 is 39.5 Å². The van der Waals surface area contributed by atoms with Crippen LogP contribution >= 0.6 is 0 Å². The molecule has 0 aliphatic carbocycles. The summed E-state index contributed by atoms with van der Waals surface area (Å²) in [6.45, 7) is 9.44. The maximum absolute atomic E-state index is 12.9. The topological polar surface area (TPSA) is 135 Å². The summed E-state index contributed by atoms with van der Waals surface area (Å²) in [5.74, 6) is -1.00. The van der Waals surface area contributed by atoms with Crippen LogP contribution in [0.15, 0.2) is 47.4 Å². The summed E-state index contributed by atoms with van der Waals surface area (Å²) >= 11 is 0. The second kappa shape index (κ2) is 9.13. The monoisotopic (exact) mass is 465 g/mol. The maximum atomic E-state index is 12.9. The van der Waals surface area contributed by atoms with Gasteiger partial charge in [0.15, 0.2) is 0 Å². The lowest BCUT2D eigenvalue weighted by atomic mass is 10.1. The molecule has 2 amide bonds. The fourth-order valence-corrected chi connectivity index (χ4v) is 3.30. The van der Waals surface area contributed by atoms with Gasteiger partial charge >= 0.3 is 22.3 Å². The zero-order valence-corrected chi connectivity index (χ0v) is 19.6. The van der Waals surface area contributed by atoms with Gasteiger partial charge in [-0.2, -0.15) is 8.42 Å². The summed E-state index contributed by atoms with van der Waals surface area (Å²) in [6.07, 6.45) is -2.40. The van der Waals surface area contributed by atoms with Gasteiger partial charge < -0.3 is 9.47 Å². The van der Waals surface area contributed by atoms with Gasteiger partial charge in [0.1, 0.15) is 11.2 Å². The molecule has 174 valence electrons. The van der Waals surface area contributed by atoms with E-state index in [1.807, 2.05) is 5.32 Å². The van der Waals surface area contributed by atoms with Crippen LogP contribution in [-0.4, -0.2) is 42.8 Å². The second-order valence-corrected chi connectivity index (χ2v) is 10.3. The fourth-order valence-electron chi connectivity index (χ4n) is 2.38. The van der Waals surface area contributed by atoms with E-state index in [1.54, 1.807) is 71.9 Å². The minimum Gasteiger partial charge on any atom is -0.444 e. The average Bonchev–Trinajstić information content (AvgIpc) is 2.62. The van der Waals surface area contributed by atoms with Gasteiger partial charge in [-0.15, -0.1) is 9.35 Å². The van der Waals surface area contributed by atoms with Gasteiger partial charge in [0.05, 0.1) is 4.90 Å². The Hall–Kier alpha value is -3.18. The number of nitrogens with one attached hydrogen (secondary N) is 2. The first-order valence-corrected chi connectivity index (χ1v) is 11.0. The highest BCUT2D eigenvalue weighted by molar-refractivity contribution is 7.86. The van der Waals surface area contributed by atoms with E-state index in [9.17, 15) is 18.0 Å². The zero-order valence-electron chi connectivity index (χ0n) is 18.8. The van der Waals surface area contributed by atoms with Gasteiger partial charge in [-0.25, -0.2) is 9.59 Å². The molecule has 0 atom stereocenters. The highest BCUT2D eigenvalue weighted by atomic mass is 32.2. The highest BCUT2D eigenvalue weighted by Gasteiger charge is 2.33. The van der Waals surface area contributed by atoms with Crippen molar-refractivity contribution in [2.75, 3.05) is 0 Å². The van der Waals surface area contributed by atoms with E-state index in [0.717, 1.165) is 5.39 Å². The number of hydroxylamine groups is 2. The van der Waals surface area contributed by atoms with Crippen molar-refractivity contribution in [2.45, 2.75) is 57.6 Å². The van der Waals surface area contributed by atoms with Crippen molar-refractivity contribution in [3.63, 3.8) is 0 Å². The van der Waals surface area contributed by atoms with Gasteiger partial charge in [0.25, 0.3) is 0 Å². The molecule has 0 radical (unpaired) electrons. The molecule has 0 heterocycles. The first-order chi connectivity index (χ1) is 14.6. The summed E-state index contributed by atoms with van der Waals surface area (Å²) in [6, 6.07) is 11.3. The lowest BCUT2D eigenvalue weighted by Crippen LogP contribution is -2.50. The van der Waals surface area contributed by atoms with E-state index in [-0.39, 0.29) is 9.96 Å². The molecule has 0 aromatic heterocycles. The number of fused-ring (bicyclic) bond motifs is 1. The quantitative estimate of drug-likeness (QED) is 0.395. The van der Waals surface area contributed by atoms with E-state index in [4.69, 9.17) is 19.2 Å². The van der Waals surface area contributed by atoms with E-state index in [0.29, 0.717) is 5.39 Å². The third kappa shape index (κ3) is 7.20. The molecule has 0 aliphatic heterocycles. The van der Waals surface area contributed by atoms with Crippen LogP contribution in [0.5, 0.6) is 0 Å². The smallest absolute Gasteiger partial charge is 0.443 e. The van der Waals surface area contributed by atoms with Crippen LogP contribution in [0.2, 0.25) is 0 Å². The molecule has 0 bridgehead atoms. The number of guanidine groups is 1. The van der Waals surface area contributed by atoms with Gasteiger partial charge in [0.2, 0.25) is 5.96 Å². The molecule has 0 aliphatic rings. The predicted molar refractivity (Wildman–Crippen MR) is 117 cm³/mol. The predicted octanol–water partition coefficient (Wildman–Crippen LogP) is 4.16. The van der Waals surface area contributed by atoms with E-state index in [2.05, 4.69) is 0 Å². The Kier molecular flexibility index (Phi) is 7.16. The standard InChI is InChI=1S/C21H27N3O7S/c1-20(2,3)29-18(25)23-17(22)24(19(26)30-21(4,5)6)31-32(27,28)16-12-11-14-9-7-8-10-15(14)13-16/h7-13H,1-6H3,(H2,22,23,25). The largest absolute Gasteiger partial charge is 0.444 e. The summed E-state index contributed by atoms with van der Waals surface area (Å²) in [5, 5.41) is 11.5. The number of carbonyl (C=O) groups is 2. The molecule has 0 spiro atoms. The van der Waals surface area contributed by atoms with Gasteiger partial charge in [-0.3, -0.25) is 10.7 Å². The molecule has 32 heavy (non-hydrogen) atoms. The van der Waals surface area contributed by atoms with Crippen LogP contribution in [-0.2, 0) is 23.9 Å². The number of benzene rings is 2. The van der Waals surface area contributed by atoms with Crippen LogP contribution < -0.4 is 5.32 Å². The van der Waals surface area contributed by atoms with Crippen molar-refractivity contribution in [1.82, 2.24) is 10.4 Å². The summed E-state index contributed by atoms with van der Waals surface area (Å²) in [4.78, 5) is 24.3. The van der Waals surface area contributed by atoms with Crippen LogP contribution in [0, 0.1) is 5.41 Å². The Morgan fingerprint density at radius 2 is 1.47 bits per heavy atom. The molecular weight excluding hydrogens is 438 g/mol. The number of amides is 2. The fraction of sp³-hybridized carbons (Fsp3) is 0.381. The molecule has 2 rings (SSSR count). The molecule has 11 heteroatoms. The number of carbonyl (C=O) groups excluding carboxylic acids is 2. The Morgan fingerprint density at radius 3 is 2.03 bits per heavy atom. The van der Waals surface area contributed by atoms with Gasteiger partial charge in [-0.1, -0.05) is 30.3 Å². The molecule has 0 saturated heterocycles. The Bertz CT molecular complexity index is 1130. The number of nitrogens with zero attached hydrogens (tertiary/aromatic N) is 1. The molecule has 2 aromatic rings.